The van der Waals surface area contributed by atoms with Gasteiger partial charge in [0.1, 0.15) is 23.6 Å². The van der Waals surface area contributed by atoms with Crippen molar-refractivity contribution >= 4 is 22.1 Å². The van der Waals surface area contributed by atoms with Crippen LogP contribution in [0.15, 0.2) is 95.7 Å². The Morgan fingerprint density at radius 2 is 1.64 bits per heavy atom. The molecule has 0 N–H and O–H groups in total. The van der Waals surface area contributed by atoms with Gasteiger partial charge in [-0.2, -0.15) is 13.9 Å². The van der Waals surface area contributed by atoms with Gasteiger partial charge < -0.3 is 4.42 Å². The summed E-state index contributed by atoms with van der Waals surface area (Å²) in [7, 11) is 2.02. The van der Waals surface area contributed by atoms with Crippen LogP contribution in [0.2, 0.25) is 0 Å². The number of imidazole rings is 1. The van der Waals surface area contributed by atoms with Crippen molar-refractivity contribution in [3.05, 3.63) is 103 Å². The van der Waals surface area contributed by atoms with E-state index in [0.717, 1.165) is 44.5 Å². The standard InChI is InChI=1S/C28H21FN3O/c1-18-12-13-21-22-14-15-24(29)30-27(22)33-26(21)25(18)28-31(2)16-17-32(28)23-11-7-6-10-20(23)19-8-4-3-5-9-19/h3-17H,1-2H3/q+1. The Hall–Kier alpha value is -4.25. The van der Waals surface area contributed by atoms with Crippen LogP contribution in [0.25, 0.3) is 50.3 Å². The molecule has 3 aromatic heterocycles. The molecule has 0 bridgehead atoms. The number of rotatable bonds is 3. The summed E-state index contributed by atoms with van der Waals surface area (Å²) in [5, 5.41) is 1.72. The monoisotopic (exact) mass is 434 g/mol. The van der Waals surface area contributed by atoms with Crippen molar-refractivity contribution in [2.45, 2.75) is 6.92 Å². The van der Waals surface area contributed by atoms with Gasteiger partial charge in [0.15, 0.2) is 5.58 Å². The van der Waals surface area contributed by atoms with E-state index in [1.54, 1.807) is 6.07 Å². The number of furan rings is 1. The van der Waals surface area contributed by atoms with E-state index in [2.05, 4.69) is 63.6 Å². The lowest BCUT2D eigenvalue weighted by Gasteiger charge is -2.10. The lowest BCUT2D eigenvalue weighted by molar-refractivity contribution is -0.659. The lowest BCUT2D eigenvalue weighted by Crippen LogP contribution is -2.29. The Bertz CT molecular complexity index is 1650. The third kappa shape index (κ3) is 3.04. The average molecular weight is 434 g/mol. The number of para-hydroxylation sites is 1. The molecule has 5 heteroatoms. The van der Waals surface area contributed by atoms with Crippen molar-refractivity contribution < 1.29 is 13.4 Å². The number of hydrogen-bond acceptors (Lipinski definition) is 2. The van der Waals surface area contributed by atoms with Gasteiger partial charge in [0.05, 0.1) is 7.05 Å². The minimum absolute atomic E-state index is 0.308. The average Bonchev–Trinajstić information content (AvgIpc) is 3.39. The fourth-order valence-electron chi connectivity index (χ4n) is 4.59. The summed E-state index contributed by atoms with van der Waals surface area (Å²) >= 11 is 0. The van der Waals surface area contributed by atoms with Gasteiger partial charge in [0, 0.05) is 16.3 Å². The van der Waals surface area contributed by atoms with Crippen LogP contribution in [-0.4, -0.2) is 9.55 Å². The topological polar surface area (TPSA) is 34.8 Å². The summed E-state index contributed by atoms with van der Waals surface area (Å²) in [6.45, 7) is 2.07. The van der Waals surface area contributed by atoms with E-state index in [1.165, 1.54) is 6.07 Å². The van der Waals surface area contributed by atoms with E-state index < -0.39 is 5.95 Å². The predicted molar refractivity (Wildman–Crippen MR) is 128 cm³/mol. The van der Waals surface area contributed by atoms with Crippen LogP contribution < -0.4 is 4.57 Å². The molecule has 6 aromatic rings. The molecule has 0 aliphatic heterocycles. The third-order valence-corrected chi connectivity index (χ3v) is 6.15. The van der Waals surface area contributed by atoms with Crippen molar-refractivity contribution in [3.63, 3.8) is 0 Å². The molecular formula is C28H21FN3O+. The molecule has 0 atom stereocenters. The van der Waals surface area contributed by atoms with Crippen molar-refractivity contribution in [2.75, 3.05) is 0 Å². The van der Waals surface area contributed by atoms with E-state index in [9.17, 15) is 4.39 Å². The van der Waals surface area contributed by atoms with Crippen LogP contribution in [0.4, 0.5) is 4.39 Å². The van der Waals surface area contributed by atoms with Crippen molar-refractivity contribution in [2.24, 2.45) is 7.05 Å². The highest BCUT2D eigenvalue weighted by molar-refractivity contribution is 6.08. The highest BCUT2D eigenvalue weighted by Gasteiger charge is 2.27. The molecule has 0 radical (unpaired) electrons. The maximum atomic E-state index is 13.8. The number of pyridine rings is 1. The first-order chi connectivity index (χ1) is 16.1. The first-order valence-electron chi connectivity index (χ1n) is 10.8. The molecule has 4 nitrogen and oxygen atoms in total. The fraction of sp³-hybridized carbons (Fsp3) is 0.0714. The summed E-state index contributed by atoms with van der Waals surface area (Å²) in [5.41, 5.74) is 6.38. The molecule has 0 amide bonds. The van der Waals surface area contributed by atoms with Crippen LogP contribution in [0.1, 0.15) is 5.56 Å². The molecule has 6 rings (SSSR count). The summed E-state index contributed by atoms with van der Waals surface area (Å²) in [4.78, 5) is 3.97. The van der Waals surface area contributed by atoms with Gasteiger partial charge >= 0.3 is 0 Å². The van der Waals surface area contributed by atoms with Gasteiger partial charge in [0.2, 0.25) is 11.7 Å². The number of aryl methyl sites for hydroxylation is 2. The Balaban J connectivity index is 1.66. The quantitative estimate of drug-likeness (QED) is 0.239. The maximum Gasteiger partial charge on any atom is 0.297 e. The second kappa shape index (κ2) is 7.41. The largest absolute Gasteiger partial charge is 0.437 e. The number of fused-ring (bicyclic) bond motifs is 3. The number of halogens is 1. The van der Waals surface area contributed by atoms with E-state index in [-0.39, 0.29) is 0 Å². The Morgan fingerprint density at radius 1 is 0.879 bits per heavy atom. The number of aromatic nitrogens is 3. The van der Waals surface area contributed by atoms with Gasteiger partial charge in [-0.05, 0) is 36.2 Å². The van der Waals surface area contributed by atoms with Crippen LogP contribution in [-0.2, 0) is 7.05 Å². The fourth-order valence-corrected chi connectivity index (χ4v) is 4.59. The molecule has 33 heavy (non-hydrogen) atoms. The number of nitrogens with zero attached hydrogens (tertiary/aromatic N) is 3. The van der Waals surface area contributed by atoms with E-state index in [0.29, 0.717) is 11.3 Å². The SMILES string of the molecule is Cc1ccc2c(oc3nc(F)ccc32)c1-c1n(-c2ccccc2-c2ccccc2)cc[n+]1C. The number of benzene rings is 3. The normalized spacial score (nSPS) is 11.5. The van der Waals surface area contributed by atoms with Gasteiger partial charge in [-0.25, -0.2) is 4.57 Å². The minimum Gasteiger partial charge on any atom is -0.437 e. The smallest absolute Gasteiger partial charge is 0.297 e. The van der Waals surface area contributed by atoms with Crippen LogP contribution in [0, 0.1) is 12.9 Å². The van der Waals surface area contributed by atoms with Crippen LogP contribution in [0.5, 0.6) is 0 Å². The molecule has 0 aliphatic carbocycles. The molecule has 0 fully saturated rings. The third-order valence-electron chi connectivity index (χ3n) is 6.15. The van der Waals surface area contributed by atoms with Crippen LogP contribution in [0.3, 0.4) is 0 Å². The molecule has 3 aromatic carbocycles. The molecule has 0 saturated carbocycles. The minimum atomic E-state index is -0.550. The van der Waals surface area contributed by atoms with Gasteiger partial charge in [0.25, 0.3) is 5.82 Å². The molecule has 3 heterocycles. The van der Waals surface area contributed by atoms with E-state index in [4.69, 9.17) is 4.42 Å². The second-order valence-corrected chi connectivity index (χ2v) is 8.21. The zero-order valence-electron chi connectivity index (χ0n) is 18.3. The zero-order chi connectivity index (χ0) is 22.5. The zero-order valence-corrected chi connectivity index (χ0v) is 18.3. The van der Waals surface area contributed by atoms with Crippen molar-refractivity contribution in [3.8, 4) is 28.2 Å². The van der Waals surface area contributed by atoms with Gasteiger partial charge in [-0.3, -0.25) is 0 Å². The maximum absolute atomic E-state index is 13.8. The Kier molecular flexibility index (Phi) is 4.37. The first-order valence-corrected chi connectivity index (χ1v) is 10.8. The summed E-state index contributed by atoms with van der Waals surface area (Å²) in [6.07, 6.45) is 4.10. The second-order valence-electron chi connectivity index (χ2n) is 8.21. The molecule has 0 aliphatic rings. The van der Waals surface area contributed by atoms with Gasteiger partial charge in [-0.15, -0.1) is 0 Å². The van der Waals surface area contributed by atoms with Crippen molar-refractivity contribution in [1.82, 2.24) is 9.55 Å². The Morgan fingerprint density at radius 3 is 2.48 bits per heavy atom. The highest BCUT2D eigenvalue weighted by atomic mass is 19.1. The van der Waals surface area contributed by atoms with Gasteiger partial charge in [-0.1, -0.05) is 60.7 Å². The molecular weight excluding hydrogens is 413 g/mol. The molecule has 160 valence electrons. The number of hydrogen-bond donors (Lipinski definition) is 0. The van der Waals surface area contributed by atoms with Crippen molar-refractivity contribution in [1.29, 1.82) is 0 Å². The van der Waals surface area contributed by atoms with E-state index >= 15 is 0 Å². The Labute approximate surface area is 190 Å². The summed E-state index contributed by atoms with van der Waals surface area (Å²) < 4.78 is 24.2. The molecule has 0 spiro atoms. The summed E-state index contributed by atoms with van der Waals surface area (Å²) in [5.74, 6) is 0.423. The van der Waals surface area contributed by atoms with Crippen LogP contribution >= 0.6 is 0 Å². The van der Waals surface area contributed by atoms with E-state index in [1.807, 2.05) is 43.6 Å². The molecule has 0 unspecified atom stereocenters. The highest BCUT2D eigenvalue weighted by Crippen LogP contribution is 2.38. The lowest BCUT2D eigenvalue weighted by atomic mass is 10.0. The summed E-state index contributed by atoms with van der Waals surface area (Å²) in [6, 6.07) is 25.9. The first kappa shape index (κ1) is 19.4. The predicted octanol–water partition coefficient (Wildman–Crippen LogP) is 6.38. The molecule has 0 saturated heterocycles.